The van der Waals surface area contributed by atoms with E-state index < -0.39 is 11.6 Å². The number of rotatable bonds is 4. The Kier molecular flexibility index (Phi) is 5.21. The molecule has 0 aliphatic carbocycles. The maximum absolute atomic E-state index is 14.4. The van der Waals surface area contributed by atoms with Gasteiger partial charge in [0.05, 0.1) is 40.9 Å². The van der Waals surface area contributed by atoms with Crippen LogP contribution in [0.2, 0.25) is 0 Å². The first-order chi connectivity index (χ1) is 14.6. The maximum atomic E-state index is 14.4. The van der Waals surface area contributed by atoms with Gasteiger partial charge in [0.25, 0.3) is 5.91 Å². The van der Waals surface area contributed by atoms with Crippen LogP contribution in [0.3, 0.4) is 0 Å². The van der Waals surface area contributed by atoms with Crippen LogP contribution >= 0.6 is 0 Å². The van der Waals surface area contributed by atoms with Crippen molar-refractivity contribution in [3.63, 3.8) is 0 Å². The molecule has 1 N–H and O–H groups in total. The van der Waals surface area contributed by atoms with Crippen molar-refractivity contribution in [2.45, 2.75) is 39.3 Å². The van der Waals surface area contributed by atoms with E-state index >= 15 is 0 Å². The van der Waals surface area contributed by atoms with Gasteiger partial charge in [0, 0.05) is 24.7 Å². The van der Waals surface area contributed by atoms with E-state index in [4.69, 9.17) is 0 Å². The standard InChI is InChI=1S/C24H24F2N4O/c1-24(2,3)30(4)16-9-8-15(27-12-16)10-14-11-19(22-17(25)6-5-7-18(22)26)29-20-13-28-23(31)21(14)20/h5-9,11-12H,10,13H2,1-4H3,(H,28,31). The van der Waals surface area contributed by atoms with Crippen molar-refractivity contribution in [1.29, 1.82) is 0 Å². The molecule has 4 rings (SSSR count). The summed E-state index contributed by atoms with van der Waals surface area (Å²) in [5, 5.41) is 2.74. The molecule has 0 fully saturated rings. The number of amides is 1. The Balaban J connectivity index is 1.73. The number of benzene rings is 1. The molecule has 160 valence electrons. The number of fused-ring (bicyclic) bond motifs is 1. The predicted molar refractivity (Wildman–Crippen MR) is 116 cm³/mol. The van der Waals surface area contributed by atoms with Crippen molar-refractivity contribution in [2.24, 2.45) is 0 Å². The monoisotopic (exact) mass is 422 g/mol. The normalized spacial score (nSPS) is 13.2. The van der Waals surface area contributed by atoms with Gasteiger partial charge in [-0.3, -0.25) is 9.78 Å². The summed E-state index contributed by atoms with van der Waals surface area (Å²) in [4.78, 5) is 23.4. The highest BCUT2D eigenvalue weighted by Gasteiger charge is 2.27. The lowest BCUT2D eigenvalue weighted by Crippen LogP contribution is -2.38. The zero-order chi connectivity index (χ0) is 22.3. The minimum absolute atomic E-state index is 0.0497. The van der Waals surface area contributed by atoms with Gasteiger partial charge in [-0.15, -0.1) is 0 Å². The van der Waals surface area contributed by atoms with E-state index in [2.05, 4.69) is 41.0 Å². The molecule has 0 spiro atoms. The number of hydrogen-bond donors (Lipinski definition) is 1. The highest BCUT2D eigenvalue weighted by molar-refractivity contribution is 5.99. The van der Waals surface area contributed by atoms with Crippen molar-refractivity contribution >= 4 is 11.6 Å². The predicted octanol–water partition coefficient (Wildman–Crippen LogP) is 4.49. The molecule has 0 saturated heterocycles. The Bertz CT molecular complexity index is 1130. The van der Waals surface area contributed by atoms with Gasteiger partial charge < -0.3 is 10.2 Å². The van der Waals surface area contributed by atoms with Crippen LogP contribution in [0.15, 0.2) is 42.6 Å². The van der Waals surface area contributed by atoms with Gasteiger partial charge in [-0.1, -0.05) is 6.07 Å². The highest BCUT2D eigenvalue weighted by Crippen LogP contribution is 2.30. The van der Waals surface area contributed by atoms with Crippen molar-refractivity contribution in [1.82, 2.24) is 15.3 Å². The third-order valence-corrected chi connectivity index (χ3v) is 5.61. The van der Waals surface area contributed by atoms with Crippen LogP contribution in [0.5, 0.6) is 0 Å². The first-order valence-corrected chi connectivity index (χ1v) is 10.1. The van der Waals surface area contributed by atoms with E-state index in [-0.39, 0.29) is 29.2 Å². The van der Waals surface area contributed by atoms with Gasteiger partial charge in [0.15, 0.2) is 0 Å². The number of pyridine rings is 2. The SMILES string of the molecule is CN(c1ccc(Cc2cc(-c3c(F)cccc3F)nc3c2C(=O)NC3)nc1)C(C)(C)C. The van der Waals surface area contributed by atoms with Crippen molar-refractivity contribution in [3.8, 4) is 11.3 Å². The first-order valence-electron chi connectivity index (χ1n) is 10.1. The molecule has 0 bridgehead atoms. The molecule has 1 aliphatic rings. The fourth-order valence-corrected chi connectivity index (χ4v) is 3.63. The third-order valence-electron chi connectivity index (χ3n) is 5.61. The molecule has 0 radical (unpaired) electrons. The van der Waals surface area contributed by atoms with Crippen LogP contribution in [0.1, 0.15) is 48.1 Å². The van der Waals surface area contributed by atoms with E-state index in [1.165, 1.54) is 18.2 Å². The third kappa shape index (κ3) is 4.00. The second kappa shape index (κ2) is 7.72. The Labute approximate surface area is 180 Å². The number of carbonyl (C=O) groups is 1. The van der Waals surface area contributed by atoms with E-state index in [1.807, 2.05) is 19.2 Å². The highest BCUT2D eigenvalue weighted by atomic mass is 19.1. The summed E-state index contributed by atoms with van der Waals surface area (Å²) < 4.78 is 28.7. The molecule has 1 aliphatic heterocycles. The maximum Gasteiger partial charge on any atom is 0.253 e. The van der Waals surface area contributed by atoms with Gasteiger partial charge in [-0.2, -0.15) is 0 Å². The molecule has 31 heavy (non-hydrogen) atoms. The lowest BCUT2D eigenvalue weighted by Gasteiger charge is -2.33. The summed E-state index contributed by atoms with van der Waals surface area (Å²) in [7, 11) is 2.01. The second-order valence-electron chi connectivity index (χ2n) is 8.68. The summed E-state index contributed by atoms with van der Waals surface area (Å²) in [6, 6.07) is 9.17. The van der Waals surface area contributed by atoms with Crippen LogP contribution in [-0.2, 0) is 13.0 Å². The van der Waals surface area contributed by atoms with Gasteiger partial charge in [-0.05, 0) is 56.7 Å². The van der Waals surface area contributed by atoms with Crippen LogP contribution < -0.4 is 10.2 Å². The molecule has 0 atom stereocenters. The molecular formula is C24H24F2N4O. The van der Waals surface area contributed by atoms with Crippen LogP contribution in [0, 0.1) is 11.6 Å². The average molecular weight is 422 g/mol. The Morgan fingerprint density at radius 1 is 1.10 bits per heavy atom. The lowest BCUT2D eigenvalue weighted by atomic mass is 9.98. The minimum atomic E-state index is -0.691. The van der Waals surface area contributed by atoms with Crippen LogP contribution in [-0.4, -0.2) is 28.5 Å². The van der Waals surface area contributed by atoms with Gasteiger partial charge in [0.2, 0.25) is 0 Å². The quantitative estimate of drug-likeness (QED) is 0.673. The van der Waals surface area contributed by atoms with E-state index in [0.29, 0.717) is 23.2 Å². The second-order valence-corrected chi connectivity index (χ2v) is 8.68. The lowest BCUT2D eigenvalue weighted by molar-refractivity contribution is 0.0965. The molecule has 1 amide bonds. The van der Waals surface area contributed by atoms with Gasteiger partial charge in [-0.25, -0.2) is 13.8 Å². The summed E-state index contributed by atoms with van der Waals surface area (Å²) >= 11 is 0. The summed E-state index contributed by atoms with van der Waals surface area (Å²) in [6.07, 6.45) is 2.14. The van der Waals surface area contributed by atoms with E-state index in [1.54, 1.807) is 12.3 Å². The fraction of sp³-hybridized carbons (Fsp3) is 0.292. The molecular weight excluding hydrogens is 398 g/mol. The number of halogens is 2. The molecule has 3 heterocycles. The number of nitrogens with one attached hydrogen (secondary N) is 1. The summed E-state index contributed by atoms with van der Waals surface area (Å²) in [6.45, 7) is 6.57. The molecule has 7 heteroatoms. The average Bonchev–Trinajstić information content (AvgIpc) is 3.08. The zero-order valence-electron chi connectivity index (χ0n) is 18.0. The molecule has 2 aromatic heterocycles. The van der Waals surface area contributed by atoms with Gasteiger partial charge in [0.1, 0.15) is 11.6 Å². The Morgan fingerprint density at radius 2 is 1.81 bits per heavy atom. The van der Waals surface area contributed by atoms with Crippen molar-refractivity contribution in [3.05, 3.63) is 76.7 Å². The Morgan fingerprint density at radius 3 is 2.42 bits per heavy atom. The summed E-state index contributed by atoms with van der Waals surface area (Å²) in [5.74, 6) is -1.62. The zero-order valence-corrected chi connectivity index (χ0v) is 18.0. The molecule has 1 aromatic carbocycles. The van der Waals surface area contributed by atoms with Crippen LogP contribution in [0.25, 0.3) is 11.3 Å². The molecule has 5 nitrogen and oxygen atoms in total. The smallest absolute Gasteiger partial charge is 0.253 e. The number of anilines is 1. The number of aromatic nitrogens is 2. The largest absolute Gasteiger partial charge is 0.369 e. The van der Waals surface area contributed by atoms with Crippen LogP contribution in [0.4, 0.5) is 14.5 Å². The fourth-order valence-electron chi connectivity index (χ4n) is 3.63. The van der Waals surface area contributed by atoms with Crippen molar-refractivity contribution < 1.29 is 13.6 Å². The number of nitrogens with zero attached hydrogens (tertiary/aromatic N) is 3. The Hall–Kier alpha value is -3.35. The van der Waals surface area contributed by atoms with Gasteiger partial charge >= 0.3 is 0 Å². The number of carbonyl (C=O) groups excluding carboxylic acids is 1. The van der Waals surface area contributed by atoms with E-state index in [9.17, 15) is 13.6 Å². The molecule has 3 aromatic rings. The van der Waals surface area contributed by atoms with Crippen molar-refractivity contribution in [2.75, 3.05) is 11.9 Å². The first kappa shape index (κ1) is 20.9. The summed E-state index contributed by atoms with van der Waals surface area (Å²) in [5.41, 5.74) is 3.24. The number of hydrogen-bond acceptors (Lipinski definition) is 4. The molecule has 0 unspecified atom stereocenters. The minimum Gasteiger partial charge on any atom is -0.369 e. The topological polar surface area (TPSA) is 58.1 Å². The molecule has 0 saturated carbocycles. The van der Waals surface area contributed by atoms with E-state index in [0.717, 1.165) is 11.4 Å².